The molecule has 0 aliphatic carbocycles. The van der Waals surface area contributed by atoms with Gasteiger partial charge in [-0.15, -0.1) is 11.3 Å². The van der Waals surface area contributed by atoms with E-state index in [0.717, 1.165) is 28.6 Å². The van der Waals surface area contributed by atoms with Crippen LogP contribution < -0.4 is 10.1 Å². The molecular weight excluding hydrogens is 244 g/mol. The molecule has 2 aromatic rings. The van der Waals surface area contributed by atoms with Crippen LogP contribution in [0.4, 0.5) is 0 Å². The average Bonchev–Trinajstić information content (AvgIpc) is 2.80. The molecule has 1 heterocycles. The fourth-order valence-corrected chi connectivity index (χ4v) is 2.83. The number of nitrogens with zero attached hydrogens (tertiary/aromatic N) is 1. The first-order chi connectivity index (χ1) is 8.65. The van der Waals surface area contributed by atoms with Crippen LogP contribution in [0, 0.1) is 13.8 Å². The van der Waals surface area contributed by atoms with E-state index >= 15 is 0 Å². The van der Waals surface area contributed by atoms with Crippen LogP contribution in [0.2, 0.25) is 0 Å². The monoisotopic (exact) mass is 262 g/mol. The molecule has 1 N–H and O–H groups in total. The van der Waals surface area contributed by atoms with Crippen molar-refractivity contribution in [2.45, 2.75) is 20.4 Å². The van der Waals surface area contributed by atoms with Gasteiger partial charge in [-0.1, -0.05) is 0 Å². The summed E-state index contributed by atoms with van der Waals surface area (Å²) in [6.45, 7) is 4.96. The van der Waals surface area contributed by atoms with E-state index in [9.17, 15) is 0 Å². The predicted octanol–water partition coefficient (Wildman–Crippen LogP) is 3.15. The van der Waals surface area contributed by atoms with Gasteiger partial charge >= 0.3 is 0 Å². The Morgan fingerprint density at radius 3 is 2.72 bits per heavy atom. The Balaban J connectivity index is 2.40. The molecule has 0 unspecified atom stereocenters. The molecule has 1 aromatic heterocycles. The first kappa shape index (κ1) is 13.1. The molecule has 0 saturated heterocycles. The summed E-state index contributed by atoms with van der Waals surface area (Å²) in [7, 11) is 3.64. The van der Waals surface area contributed by atoms with Crippen LogP contribution in [0.15, 0.2) is 17.5 Å². The minimum absolute atomic E-state index is 0.810. The molecule has 1 aromatic carbocycles. The summed E-state index contributed by atoms with van der Waals surface area (Å²) in [6, 6.07) is 4.22. The summed E-state index contributed by atoms with van der Waals surface area (Å²) in [4.78, 5) is 4.64. The van der Waals surface area contributed by atoms with Gasteiger partial charge in [-0.25, -0.2) is 4.98 Å². The maximum atomic E-state index is 5.33. The van der Waals surface area contributed by atoms with Crippen LogP contribution in [0.1, 0.15) is 16.8 Å². The smallest absolute Gasteiger partial charge is 0.123 e. The molecule has 0 radical (unpaired) electrons. The summed E-state index contributed by atoms with van der Waals surface area (Å²) in [5.74, 6) is 0.934. The average molecular weight is 262 g/mol. The van der Waals surface area contributed by atoms with Gasteiger partial charge in [-0.05, 0) is 44.2 Å². The number of benzene rings is 1. The van der Waals surface area contributed by atoms with E-state index in [4.69, 9.17) is 4.74 Å². The van der Waals surface area contributed by atoms with Crippen molar-refractivity contribution in [3.8, 4) is 16.3 Å². The Morgan fingerprint density at radius 2 is 2.06 bits per heavy atom. The van der Waals surface area contributed by atoms with Crippen molar-refractivity contribution in [2.24, 2.45) is 0 Å². The van der Waals surface area contributed by atoms with Crippen molar-refractivity contribution in [3.63, 3.8) is 0 Å². The summed E-state index contributed by atoms with van der Waals surface area (Å²) in [6.07, 6.45) is 0. The lowest BCUT2D eigenvalue weighted by Crippen LogP contribution is -2.04. The second kappa shape index (κ2) is 5.50. The molecule has 96 valence electrons. The Bertz CT molecular complexity index is 549. The standard InChI is InChI=1S/C14H18N2OS/c1-9-6-13(17-4)10(2)5-12(9)14-16-11(7-15-3)8-18-14/h5-6,8,15H,7H2,1-4H3. The van der Waals surface area contributed by atoms with Gasteiger partial charge in [-0.2, -0.15) is 0 Å². The van der Waals surface area contributed by atoms with E-state index in [-0.39, 0.29) is 0 Å². The second-order valence-electron chi connectivity index (χ2n) is 4.31. The van der Waals surface area contributed by atoms with E-state index in [0.29, 0.717) is 0 Å². The first-order valence-corrected chi connectivity index (χ1v) is 6.78. The molecule has 2 rings (SSSR count). The van der Waals surface area contributed by atoms with Gasteiger partial charge in [0.15, 0.2) is 0 Å². The number of hydrogen-bond donors (Lipinski definition) is 1. The maximum Gasteiger partial charge on any atom is 0.123 e. The quantitative estimate of drug-likeness (QED) is 0.919. The van der Waals surface area contributed by atoms with E-state index in [1.165, 1.54) is 11.1 Å². The Morgan fingerprint density at radius 1 is 1.28 bits per heavy atom. The highest BCUT2D eigenvalue weighted by atomic mass is 32.1. The molecule has 0 amide bonds. The van der Waals surface area contributed by atoms with Crippen LogP contribution >= 0.6 is 11.3 Å². The number of rotatable bonds is 4. The SMILES string of the molecule is CNCc1csc(-c2cc(C)c(OC)cc2C)n1. The normalized spacial score (nSPS) is 10.7. The van der Waals surface area contributed by atoms with Crippen molar-refractivity contribution in [1.82, 2.24) is 10.3 Å². The minimum atomic E-state index is 0.810. The molecule has 0 aliphatic rings. The fourth-order valence-electron chi connectivity index (χ4n) is 1.93. The lowest BCUT2D eigenvalue weighted by molar-refractivity contribution is 0.411. The lowest BCUT2D eigenvalue weighted by Gasteiger charge is -2.09. The molecule has 0 atom stereocenters. The van der Waals surface area contributed by atoms with Gasteiger partial charge in [0, 0.05) is 17.5 Å². The molecule has 3 nitrogen and oxygen atoms in total. The van der Waals surface area contributed by atoms with Gasteiger partial charge in [0.25, 0.3) is 0 Å². The van der Waals surface area contributed by atoms with Gasteiger partial charge in [0.1, 0.15) is 10.8 Å². The summed E-state index contributed by atoms with van der Waals surface area (Å²) >= 11 is 1.69. The summed E-state index contributed by atoms with van der Waals surface area (Å²) in [5.41, 5.74) is 4.62. The van der Waals surface area contributed by atoms with E-state index in [1.54, 1.807) is 18.4 Å². The molecule has 0 fully saturated rings. The van der Waals surface area contributed by atoms with Crippen molar-refractivity contribution in [1.29, 1.82) is 0 Å². The van der Waals surface area contributed by atoms with Crippen molar-refractivity contribution >= 4 is 11.3 Å². The number of methoxy groups -OCH3 is 1. The zero-order valence-electron chi connectivity index (χ0n) is 11.2. The highest BCUT2D eigenvalue weighted by Gasteiger charge is 2.10. The number of thiazole rings is 1. The number of nitrogens with one attached hydrogen (secondary N) is 1. The van der Waals surface area contributed by atoms with Gasteiger partial charge in [0.2, 0.25) is 0 Å². The summed E-state index contributed by atoms with van der Waals surface area (Å²) in [5, 5.41) is 6.29. The second-order valence-corrected chi connectivity index (χ2v) is 5.17. The molecule has 0 saturated carbocycles. The Kier molecular flexibility index (Phi) is 3.99. The fraction of sp³-hybridized carbons (Fsp3) is 0.357. The van der Waals surface area contributed by atoms with Crippen LogP contribution in [0.25, 0.3) is 10.6 Å². The predicted molar refractivity (Wildman–Crippen MR) is 76.3 cm³/mol. The highest BCUT2D eigenvalue weighted by molar-refractivity contribution is 7.13. The number of aryl methyl sites for hydroxylation is 2. The third kappa shape index (κ3) is 2.54. The van der Waals surface area contributed by atoms with E-state index < -0.39 is 0 Å². The Hall–Kier alpha value is -1.39. The van der Waals surface area contributed by atoms with Crippen LogP contribution in [-0.2, 0) is 6.54 Å². The van der Waals surface area contributed by atoms with Crippen molar-refractivity contribution < 1.29 is 4.74 Å². The molecule has 18 heavy (non-hydrogen) atoms. The van der Waals surface area contributed by atoms with Gasteiger partial charge < -0.3 is 10.1 Å². The van der Waals surface area contributed by atoms with Crippen LogP contribution in [0.3, 0.4) is 0 Å². The molecule has 0 aliphatic heterocycles. The molecular formula is C14H18N2OS. The van der Waals surface area contributed by atoms with Crippen LogP contribution in [0.5, 0.6) is 5.75 Å². The van der Waals surface area contributed by atoms with Gasteiger partial charge in [-0.3, -0.25) is 0 Å². The number of aromatic nitrogens is 1. The van der Waals surface area contributed by atoms with Crippen molar-refractivity contribution in [3.05, 3.63) is 34.3 Å². The van der Waals surface area contributed by atoms with Crippen LogP contribution in [-0.4, -0.2) is 19.1 Å². The minimum Gasteiger partial charge on any atom is -0.496 e. The third-order valence-electron chi connectivity index (χ3n) is 2.88. The molecule has 4 heteroatoms. The molecule has 0 spiro atoms. The largest absolute Gasteiger partial charge is 0.496 e. The van der Waals surface area contributed by atoms with E-state index in [1.807, 2.05) is 7.05 Å². The number of ether oxygens (including phenoxy) is 1. The van der Waals surface area contributed by atoms with Gasteiger partial charge in [0.05, 0.1) is 12.8 Å². The maximum absolute atomic E-state index is 5.33. The topological polar surface area (TPSA) is 34.1 Å². The first-order valence-electron chi connectivity index (χ1n) is 5.90. The van der Waals surface area contributed by atoms with E-state index in [2.05, 4.69) is 41.7 Å². The third-order valence-corrected chi connectivity index (χ3v) is 3.81. The number of hydrogen-bond acceptors (Lipinski definition) is 4. The highest BCUT2D eigenvalue weighted by Crippen LogP contribution is 2.31. The Labute approximate surface area is 112 Å². The zero-order chi connectivity index (χ0) is 13.1. The zero-order valence-corrected chi connectivity index (χ0v) is 12.0. The molecule has 0 bridgehead atoms. The van der Waals surface area contributed by atoms with Crippen molar-refractivity contribution in [2.75, 3.05) is 14.2 Å². The lowest BCUT2D eigenvalue weighted by atomic mass is 10.1. The summed E-state index contributed by atoms with van der Waals surface area (Å²) < 4.78 is 5.33.